The van der Waals surface area contributed by atoms with Crippen molar-refractivity contribution in [1.29, 1.82) is 0 Å². The number of hydrogen-bond donors (Lipinski definition) is 2. The van der Waals surface area contributed by atoms with Crippen molar-refractivity contribution in [2.75, 3.05) is 20.2 Å². The Kier molecular flexibility index (Phi) is 3.95. The van der Waals surface area contributed by atoms with E-state index >= 15 is 0 Å². The maximum Gasteiger partial charge on any atom is 0.258 e. The lowest BCUT2D eigenvalue weighted by molar-refractivity contribution is 0.0739. The Bertz CT molecular complexity index is 476. The molecule has 5 heteroatoms. The van der Waals surface area contributed by atoms with Crippen molar-refractivity contribution in [3.05, 3.63) is 23.8 Å². The number of nitrogens with two attached hydrogens (primary N) is 1. The summed E-state index contributed by atoms with van der Waals surface area (Å²) in [6.45, 7) is 3.23. The van der Waals surface area contributed by atoms with E-state index in [1.165, 1.54) is 7.11 Å². The number of nitrogens with zero attached hydrogens (tertiary/aromatic N) is 1. The van der Waals surface area contributed by atoms with Crippen molar-refractivity contribution in [2.45, 2.75) is 19.4 Å². The summed E-state index contributed by atoms with van der Waals surface area (Å²) < 4.78 is 5.03. The second kappa shape index (κ2) is 5.48. The smallest absolute Gasteiger partial charge is 0.258 e. The van der Waals surface area contributed by atoms with Crippen molar-refractivity contribution in [1.82, 2.24) is 4.90 Å². The molecule has 0 aliphatic carbocycles. The molecule has 1 aliphatic rings. The Labute approximate surface area is 113 Å². The average Bonchev–Trinajstić information content (AvgIpc) is 2.79. The largest absolute Gasteiger partial charge is 0.504 e. The standard InChI is InChI=1S/C14H20N2O3/c1-9-6-10(7-15)8-16(9)14(18)11-4-3-5-12(19-2)13(11)17/h3-5,9-10,17H,6-8,15H2,1-2H3. The van der Waals surface area contributed by atoms with E-state index in [1.807, 2.05) is 6.92 Å². The third kappa shape index (κ3) is 2.51. The summed E-state index contributed by atoms with van der Waals surface area (Å²) in [7, 11) is 1.46. The molecular formula is C14H20N2O3. The number of aromatic hydroxyl groups is 1. The number of phenols is 1. The van der Waals surface area contributed by atoms with Gasteiger partial charge in [0.05, 0.1) is 12.7 Å². The Morgan fingerprint density at radius 2 is 2.32 bits per heavy atom. The van der Waals surface area contributed by atoms with Gasteiger partial charge in [-0.15, -0.1) is 0 Å². The van der Waals surface area contributed by atoms with Gasteiger partial charge in [0, 0.05) is 12.6 Å². The van der Waals surface area contributed by atoms with Crippen LogP contribution in [0.15, 0.2) is 18.2 Å². The summed E-state index contributed by atoms with van der Waals surface area (Å²) in [6.07, 6.45) is 0.910. The molecule has 2 rings (SSSR count). The number of phenolic OH excluding ortho intramolecular Hbond substituents is 1. The minimum Gasteiger partial charge on any atom is -0.504 e. The van der Waals surface area contributed by atoms with Crippen LogP contribution in [0.4, 0.5) is 0 Å². The van der Waals surface area contributed by atoms with Crippen molar-refractivity contribution < 1.29 is 14.6 Å². The first kappa shape index (κ1) is 13.7. The molecule has 3 N–H and O–H groups in total. The Balaban J connectivity index is 2.25. The number of carbonyl (C=O) groups excluding carboxylic acids is 1. The van der Waals surface area contributed by atoms with Crippen molar-refractivity contribution in [3.8, 4) is 11.5 Å². The van der Waals surface area contributed by atoms with E-state index in [9.17, 15) is 9.90 Å². The molecule has 1 saturated heterocycles. The second-order valence-corrected chi connectivity index (χ2v) is 5.00. The lowest BCUT2D eigenvalue weighted by atomic mass is 10.1. The fourth-order valence-electron chi connectivity index (χ4n) is 2.61. The molecule has 1 amide bonds. The molecule has 2 unspecified atom stereocenters. The van der Waals surface area contributed by atoms with Crippen LogP contribution in [-0.2, 0) is 0 Å². The number of rotatable bonds is 3. The zero-order chi connectivity index (χ0) is 14.0. The molecule has 1 aromatic rings. The first-order valence-electron chi connectivity index (χ1n) is 6.45. The molecule has 0 saturated carbocycles. The molecule has 1 aromatic carbocycles. The van der Waals surface area contributed by atoms with Crippen LogP contribution in [0.25, 0.3) is 0 Å². The Morgan fingerprint density at radius 1 is 1.58 bits per heavy atom. The van der Waals surface area contributed by atoms with Gasteiger partial charge in [0.2, 0.25) is 0 Å². The number of methoxy groups -OCH3 is 1. The second-order valence-electron chi connectivity index (χ2n) is 5.00. The molecule has 0 spiro atoms. The third-order valence-electron chi connectivity index (χ3n) is 3.70. The van der Waals surface area contributed by atoms with Gasteiger partial charge in [-0.25, -0.2) is 0 Å². The monoisotopic (exact) mass is 264 g/mol. The van der Waals surface area contributed by atoms with Crippen molar-refractivity contribution in [2.24, 2.45) is 11.7 Å². The Morgan fingerprint density at radius 3 is 2.89 bits per heavy atom. The summed E-state index contributed by atoms with van der Waals surface area (Å²) in [6, 6.07) is 5.09. The maximum absolute atomic E-state index is 12.5. The van der Waals surface area contributed by atoms with Gasteiger partial charge in [-0.1, -0.05) is 6.07 Å². The molecule has 5 nitrogen and oxygen atoms in total. The van der Waals surface area contributed by atoms with E-state index < -0.39 is 0 Å². The molecule has 1 fully saturated rings. The highest BCUT2D eigenvalue weighted by Gasteiger charge is 2.33. The average molecular weight is 264 g/mol. The predicted octanol–water partition coefficient (Wildman–Crippen LogP) is 1.21. The van der Waals surface area contributed by atoms with E-state index in [4.69, 9.17) is 10.5 Å². The number of likely N-dealkylation sites (tertiary alicyclic amines) is 1. The highest BCUT2D eigenvalue weighted by atomic mass is 16.5. The fourth-order valence-corrected chi connectivity index (χ4v) is 2.61. The van der Waals surface area contributed by atoms with Gasteiger partial charge in [0.1, 0.15) is 0 Å². The first-order valence-corrected chi connectivity index (χ1v) is 6.45. The number of ether oxygens (including phenoxy) is 1. The maximum atomic E-state index is 12.5. The third-order valence-corrected chi connectivity index (χ3v) is 3.70. The van der Waals surface area contributed by atoms with E-state index in [0.717, 1.165) is 6.42 Å². The predicted molar refractivity (Wildman–Crippen MR) is 72.3 cm³/mol. The molecule has 1 heterocycles. The van der Waals surface area contributed by atoms with E-state index in [-0.39, 0.29) is 23.3 Å². The number of carbonyl (C=O) groups is 1. The minimum atomic E-state index is -0.167. The van der Waals surface area contributed by atoms with Gasteiger partial charge in [0.25, 0.3) is 5.91 Å². The van der Waals surface area contributed by atoms with Crippen LogP contribution in [0.2, 0.25) is 0 Å². The zero-order valence-corrected chi connectivity index (χ0v) is 11.3. The van der Waals surface area contributed by atoms with Crippen LogP contribution in [-0.4, -0.2) is 42.2 Å². The van der Waals surface area contributed by atoms with Gasteiger partial charge in [-0.05, 0) is 37.9 Å². The quantitative estimate of drug-likeness (QED) is 0.860. The summed E-state index contributed by atoms with van der Waals surface area (Å²) in [5.74, 6) is 0.387. The lowest BCUT2D eigenvalue weighted by Gasteiger charge is -2.22. The number of hydrogen-bond acceptors (Lipinski definition) is 4. The van der Waals surface area contributed by atoms with Gasteiger partial charge in [-0.3, -0.25) is 4.79 Å². The van der Waals surface area contributed by atoms with Crippen LogP contribution in [0.1, 0.15) is 23.7 Å². The van der Waals surface area contributed by atoms with E-state index in [1.54, 1.807) is 23.1 Å². The lowest BCUT2D eigenvalue weighted by Crippen LogP contribution is -2.34. The first-order chi connectivity index (χ1) is 9.08. The van der Waals surface area contributed by atoms with Crippen molar-refractivity contribution >= 4 is 5.91 Å². The summed E-state index contributed by atoms with van der Waals surface area (Å²) >= 11 is 0. The van der Waals surface area contributed by atoms with E-state index in [2.05, 4.69) is 0 Å². The minimum absolute atomic E-state index is 0.0987. The van der Waals surface area contributed by atoms with Gasteiger partial charge < -0.3 is 20.5 Å². The normalized spacial score (nSPS) is 22.6. The molecular weight excluding hydrogens is 244 g/mol. The highest BCUT2D eigenvalue weighted by Crippen LogP contribution is 2.32. The van der Waals surface area contributed by atoms with E-state index in [0.29, 0.717) is 24.8 Å². The summed E-state index contributed by atoms with van der Waals surface area (Å²) in [5.41, 5.74) is 5.95. The molecule has 1 aliphatic heterocycles. The molecule has 104 valence electrons. The zero-order valence-electron chi connectivity index (χ0n) is 11.3. The summed E-state index contributed by atoms with van der Waals surface area (Å²) in [4.78, 5) is 14.2. The summed E-state index contributed by atoms with van der Waals surface area (Å²) in [5, 5.41) is 10.0. The van der Waals surface area contributed by atoms with Crippen molar-refractivity contribution in [3.63, 3.8) is 0 Å². The van der Waals surface area contributed by atoms with Crippen LogP contribution in [0, 0.1) is 5.92 Å². The molecule has 19 heavy (non-hydrogen) atoms. The van der Waals surface area contributed by atoms with Gasteiger partial charge >= 0.3 is 0 Å². The molecule has 2 atom stereocenters. The number of para-hydroxylation sites is 1. The van der Waals surface area contributed by atoms with Crippen LogP contribution in [0.5, 0.6) is 11.5 Å². The molecule has 0 bridgehead atoms. The topological polar surface area (TPSA) is 75.8 Å². The fraction of sp³-hybridized carbons (Fsp3) is 0.500. The molecule has 0 aromatic heterocycles. The number of amides is 1. The number of benzene rings is 1. The van der Waals surface area contributed by atoms with Gasteiger partial charge in [-0.2, -0.15) is 0 Å². The van der Waals surface area contributed by atoms with Gasteiger partial charge in [0.15, 0.2) is 11.5 Å². The molecule has 0 radical (unpaired) electrons. The van der Waals surface area contributed by atoms with Crippen LogP contribution in [0.3, 0.4) is 0 Å². The highest BCUT2D eigenvalue weighted by molar-refractivity contribution is 5.98. The Hall–Kier alpha value is -1.75. The van der Waals surface area contributed by atoms with Crippen LogP contribution < -0.4 is 10.5 Å². The SMILES string of the molecule is COc1cccc(C(=O)N2CC(CN)CC2C)c1O. The van der Waals surface area contributed by atoms with Crippen LogP contribution >= 0.6 is 0 Å².